The number of carbonyl (C=O) groups excluding carboxylic acids is 1. The SMILES string of the molecule is CCC1CCN(c2cccc(CN(C)c3nc(=O)c4c(OC)c(OC)c(OC)cc4[nH]3)c2)C1=O. The van der Waals surface area contributed by atoms with Crippen molar-refractivity contribution >= 4 is 28.4 Å². The van der Waals surface area contributed by atoms with Gasteiger partial charge in [0.25, 0.3) is 5.56 Å². The number of carbonyl (C=O) groups is 1. The molecule has 0 aliphatic carbocycles. The summed E-state index contributed by atoms with van der Waals surface area (Å²) in [7, 11) is 6.33. The fourth-order valence-electron chi connectivity index (χ4n) is 4.49. The maximum absolute atomic E-state index is 12.9. The monoisotopic (exact) mass is 466 g/mol. The Bertz CT molecular complexity index is 1270. The number of amides is 1. The van der Waals surface area contributed by atoms with Crippen molar-refractivity contribution in [2.75, 3.05) is 44.7 Å². The van der Waals surface area contributed by atoms with E-state index in [9.17, 15) is 9.59 Å². The van der Waals surface area contributed by atoms with Crippen LogP contribution >= 0.6 is 0 Å². The molecule has 1 amide bonds. The quantitative estimate of drug-likeness (QED) is 0.544. The van der Waals surface area contributed by atoms with Gasteiger partial charge in [-0.1, -0.05) is 19.1 Å². The van der Waals surface area contributed by atoms with E-state index in [1.165, 1.54) is 21.3 Å². The molecule has 1 fully saturated rings. The molecule has 2 heterocycles. The Hall–Kier alpha value is -3.75. The number of aromatic nitrogens is 2. The molecule has 4 rings (SSSR count). The van der Waals surface area contributed by atoms with Gasteiger partial charge in [0.2, 0.25) is 17.6 Å². The van der Waals surface area contributed by atoms with Crippen LogP contribution in [0, 0.1) is 5.92 Å². The van der Waals surface area contributed by atoms with Crippen molar-refractivity contribution < 1.29 is 19.0 Å². The first-order valence-corrected chi connectivity index (χ1v) is 11.3. The molecule has 0 saturated carbocycles. The van der Waals surface area contributed by atoms with E-state index in [0.717, 1.165) is 30.6 Å². The predicted molar refractivity (Wildman–Crippen MR) is 131 cm³/mol. The van der Waals surface area contributed by atoms with E-state index in [4.69, 9.17) is 14.2 Å². The van der Waals surface area contributed by atoms with Crippen LogP contribution in [0.1, 0.15) is 25.3 Å². The zero-order valence-electron chi connectivity index (χ0n) is 20.2. The number of hydrogen-bond donors (Lipinski definition) is 1. The summed E-state index contributed by atoms with van der Waals surface area (Å²) in [5.74, 6) is 1.74. The standard InChI is InChI=1S/C25H30N4O5/c1-6-16-10-11-29(24(16)31)17-9-7-8-15(12-17)14-28(2)25-26-18-13-19(32-3)21(33-4)22(34-5)20(18)23(30)27-25/h7-9,12-13,16H,6,10-11,14H2,1-5H3,(H,26,27,30). The smallest absolute Gasteiger partial charge is 0.286 e. The molecule has 1 N–H and O–H groups in total. The average molecular weight is 467 g/mol. The Balaban J connectivity index is 1.65. The first kappa shape index (κ1) is 23.4. The molecular formula is C25H30N4O5. The van der Waals surface area contributed by atoms with Gasteiger partial charge in [-0.25, -0.2) is 0 Å². The lowest BCUT2D eigenvalue weighted by Crippen LogP contribution is -2.27. The van der Waals surface area contributed by atoms with E-state index in [-0.39, 0.29) is 23.0 Å². The summed E-state index contributed by atoms with van der Waals surface area (Å²) >= 11 is 0. The summed E-state index contributed by atoms with van der Waals surface area (Å²) < 4.78 is 16.2. The minimum atomic E-state index is -0.435. The molecule has 1 aromatic heterocycles. The van der Waals surface area contributed by atoms with Crippen molar-refractivity contribution in [3.05, 3.63) is 46.2 Å². The van der Waals surface area contributed by atoms with Gasteiger partial charge in [-0.15, -0.1) is 0 Å². The van der Waals surface area contributed by atoms with E-state index in [1.54, 1.807) is 6.07 Å². The number of benzene rings is 2. The average Bonchev–Trinajstić information content (AvgIpc) is 3.22. The van der Waals surface area contributed by atoms with Crippen LogP contribution in [0.2, 0.25) is 0 Å². The minimum Gasteiger partial charge on any atom is -0.493 e. The van der Waals surface area contributed by atoms with Crippen LogP contribution in [0.3, 0.4) is 0 Å². The lowest BCUT2D eigenvalue weighted by molar-refractivity contribution is -0.120. The number of ether oxygens (including phenoxy) is 3. The zero-order chi connectivity index (χ0) is 24.4. The Morgan fingerprint density at radius 2 is 1.88 bits per heavy atom. The third-order valence-corrected chi connectivity index (χ3v) is 6.31. The second-order valence-electron chi connectivity index (χ2n) is 8.34. The van der Waals surface area contributed by atoms with Gasteiger partial charge in [0.1, 0.15) is 5.39 Å². The lowest BCUT2D eigenvalue weighted by Gasteiger charge is -2.21. The maximum atomic E-state index is 12.9. The molecule has 1 aliphatic heterocycles. The molecule has 34 heavy (non-hydrogen) atoms. The molecule has 0 radical (unpaired) electrons. The third kappa shape index (κ3) is 4.13. The Labute approximate surface area is 198 Å². The number of hydrogen-bond acceptors (Lipinski definition) is 7. The number of fused-ring (bicyclic) bond motifs is 1. The Morgan fingerprint density at radius 1 is 1.12 bits per heavy atom. The van der Waals surface area contributed by atoms with Gasteiger partial charge >= 0.3 is 0 Å². The highest BCUT2D eigenvalue weighted by Crippen LogP contribution is 2.41. The van der Waals surface area contributed by atoms with Gasteiger partial charge in [-0.2, -0.15) is 4.98 Å². The minimum absolute atomic E-state index is 0.103. The fourth-order valence-corrected chi connectivity index (χ4v) is 4.49. The van der Waals surface area contributed by atoms with E-state index in [1.807, 2.05) is 41.1 Å². The number of anilines is 2. The van der Waals surface area contributed by atoms with Crippen LogP contribution in [0.4, 0.5) is 11.6 Å². The molecule has 0 spiro atoms. The van der Waals surface area contributed by atoms with Gasteiger partial charge in [-0.3, -0.25) is 9.59 Å². The predicted octanol–water partition coefficient (Wildman–Crippen LogP) is 3.35. The fraction of sp³-hybridized carbons (Fsp3) is 0.400. The van der Waals surface area contributed by atoms with Crippen molar-refractivity contribution in [2.24, 2.45) is 5.92 Å². The second-order valence-corrected chi connectivity index (χ2v) is 8.34. The van der Waals surface area contributed by atoms with Crippen LogP contribution in [-0.4, -0.2) is 50.8 Å². The van der Waals surface area contributed by atoms with Crippen molar-refractivity contribution in [3.63, 3.8) is 0 Å². The van der Waals surface area contributed by atoms with Crippen LogP contribution in [0.5, 0.6) is 17.2 Å². The molecule has 9 nitrogen and oxygen atoms in total. The highest BCUT2D eigenvalue weighted by atomic mass is 16.5. The van der Waals surface area contributed by atoms with E-state index in [0.29, 0.717) is 29.5 Å². The number of nitrogens with one attached hydrogen (secondary N) is 1. The highest BCUT2D eigenvalue weighted by molar-refractivity contribution is 5.97. The van der Waals surface area contributed by atoms with Crippen LogP contribution in [0.15, 0.2) is 35.1 Å². The van der Waals surface area contributed by atoms with E-state index in [2.05, 4.69) is 16.9 Å². The lowest BCUT2D eigenvalue weighted by atomic mass is 10.1. The van der Waals surface area contributed by atoms with Gasteiger partial charge < -0.3 is 29.0 Å². The van der Waals surface area contributed by atoms with Crippen LogP contribution in [0.25, 0.3) is 10.9 Å². The summed E-state index contributed by atoms with van der Waals surface area (Å²) in [4.78, 5) is 36.8. The number of methoxy groups -OCH3 is 3. The summed E-state index contributed by atoms with van der Waals surface area (Å²) in [5.41, 5.74) is 1.99. The molecule has 1 saturated heterocycles. The van der Waals surface area contributed by atoms with E-state index < -0.39 is 5.56 Å². The molecule has 9 heteroatoms. The van der Waals surface area contributed by atoms with Gasteiger partial charge in [-0.05, 0) is 30.5 Å². The molecule has 1 atom stereocenters. The van der Waals surface area contributed by atoms with Gasteiger partial charge in [0, 0.05) is 37.8 Å². The number of H-pyrrole nitrogens is 1. The summed E-state index contributed by atoms with van der Waals surface area (Å²) in [6.45, 7) is 3.28. The van der Waals surface area contributed by atoms with Gasteiger partial charge in [0.15, 0.2) is 11.5 Å². The number of rotatable bonds is 8. The molecule has 1 aliphatic rings. The summed E-state index contributed by atoms with van der Waals surface area (Å²) in [5, 5.41) is 0.289. The highest BCUT2D eigenvalue weighted by Gasteiger charge is 2.31. The van der Waals surface area contributed by atoms with Crippen LogP contribution in [-0.2, 0) is 11.3 Å². The normalized spacial score (nSPS) is 15.6. The number of nitrogens with zero attached hydrogens (tertiary/aromatic N) is 3. The molecule has 0 bridgehead atoms. The summed E-state index contributed by atoms with van der Waals surface area (Å²) in [6, 6.07) is 9.61. The molecule has 3 aromatic rings. The van der Waals surface area contributed by atoms with Crippen molar-refractivity contribution in [1.29, 1.82) is 0 Å². The van der Waals surface area contributed by atoms with Crippen molar-refractivity contribution in [1.82, 2.24) is 9.97 Å². The zero-order valence-corrected chi connectivity index (χ0v) is 20.2. The molecule has 1 unspecified atom stereocenters. The Kier molecular flexibility index (Phi) is 6.63. The third-order valence-electron chi connectivity index (χ3n) is 6.31. The molecular weight excluding hydrogens is 436 g/mol. The number of aromatic amines is 1. The second kappa shape index (κ2) is 9.62. The molecule has 2 aromatic carbocycles. The van der Waals surface area contributed by atoms with Gasteiger partial charge in [0.05, 0.1) is 26.8 Å². The van der Waals surface area contributed by atoms with Crippen molar-refractivity contribution in [2.45, 2.75) is 26.3 Å². The summed E-state index contributed by atoms with van der Waals surface area (Å²) in [6.07, 6.45) is 1.75. The largest absolute Gasteiger partial charge is 0.493 e. The first-order chi connectivity index (χ1) is 16.4. The Morgan fingerprint density at radius 3 is 2.53 bits per heavy atom. The van der Waals surface area contributed by atoms with Crippen LogP contribution < -0.4 is 29.6 Å². The maximum Gasteiger partial charge on any atom is 0.286 e. The van der Waals surface area contributed by atoms with Crippen molar-refractivity contribution in [3.8, 4) is 17.2 Å². The molecule has 180 valence electrons. The first-order valence-electron chi connectivity index (χ1n) is 11.3. The topological polar surface area (TPSA) is 97.0 Å². The van der Waals surface area contributed by atoms with E-state index >= 15 is 0 Å².